The SMILES string of the molecule is Cc1nn(-c2ccnc(Cc3cc(F)cc(C(F)(F)F)c3)c2)c(CO)c1C(=O)NCCO. The molecule has 0 aliphatic carbocycles. The van der Waals surface area contributed by atoms with Crippen molar-refractivity contribution < 1.29 is 32.6 Å². The Labute approximate surface area is 180 Å². The van der Waals surface area contributed by atoms with Gasteiger partial charge in [-0.2, -0.15) is 18.3 Å². The molecule has 2 aromatic heterocycles. The van der Waals surface area contributed by atoms with Crippen LogP contribution in [-0.2, 0) is 19.2 Å². The fraction of sp³-hybridized carbons (Fsp3) is 0.286. The molecule has 0 aliphatic heterocycles. The first-order valence-corrected chi connectivity index (χ1v) is 9.54. The molecular formula is C21H20F4N4O3. The topological polar surface area (TPSA) is 100 Å². The van der Waals surface area contributed by atoms with Gasteiger partial charge in [0.15, 0.2) is 0 Å². The van der Waals surface area contributed by atoms with Crippen LogP contribution in [0.5, 0.6) is 0 Å². The van der Waals surface area contributed by atoms with Crippen LogP contribution in [0.2, 0.25) is 0 Å². The fourth-order valence-corrected chi connectivity index (χ4v) is 3.31. The van der Waals surface area contributed by atoms with Crippen molar-refractivity contribution in [1.82, 2.24) is 20.1 Å². The molecule has 0 aliphatic rings. The maximum absolute atomic E-state index is 13.7. The highest BCUT2D eigenvalue weighted by atomic mass is 19.4. The van der Waals surface area contributed by atoms with E-state index in [0.717, 1.165) is 12.1 Å². The molecule has 3 N–H and O–H groups in total. The number of amides is 1. The van der Waals surface area contributed by atoms with Gasteiger partial charge in [-0.1, -0.05) is 0 Å². The number of aliphatic hydroxyl groups excluding tert-OH is 2. The Morgan fingerprint density at radius 2 is 1.94 bits per heavy atom. The van der Waals surface area contributed by atoms with Crippen LogP contribution < -0.4 is 5.32 Å². The molecule has 32 heavy (non-hydrogen) atoms. The van der Waals surface area contributed by atoms with E-state index in [4.69, 9.17) is 5.11 Å². The minimum Gasteiger partial charge on any atom is -0.395 e. The largest absolute Gasteiger partial charge is 0.416 e. The molecule has 0 atom stereocenters. The van der Waals surface area contributed by atoms with E-state index in [1.165, 1.54) is 16.9 Å². The molecule has 3 aromatic rings. The molecule has 170 valence electrons. The smallest absolute Gasteiger partial charge is 0.395 e. The van der Waals surface area contributed by atoms with Gasteiger partial charge in [-0.05, 0) is 42.8 Å². The number of nitrogens with one attached hydrogen (secondary N) is 1. The van der Waals surface area contributed by atoms with Crippen molar-refractivity contribution in [3.63, 3.8) is 0 Å². The van der Waals surface area contributed by atoms with Crippen molar-refractivity contribution in [3.05, 3.63) is 76.1 Å². The highest BCUT2D eigenvalue weighted by Gasteiger charge is 2.31. The second kappa shape index (κ2) is 9.45. The number of benzene rings is 1. The van der Waals surface area contributed by atoms with Crippen molar-refractivity contribution in [2.45, 2.75) is 26.1 Å². The fourth-order valence-electron chi connectivity index (χ4n) is 3.31. The van der Waals surface area contributed by atoms with E-state index >= 15 is 0 Å². The zero-order valence-electron chi connectivity index (χ0n) is 16.9. The summed E-state index contributed by atoms with van der Waals surface area (Å²) in [6, 6.07) is 5.37. The van der Waals surface area contributed by atoms with E-state index in [2.05, 4.69) is 15.4 Å². The van der Waals surface area contributed by atoms with Gasteiger partial charge in [-0.25, -0.2) is 9.07 Å². The quantitative estimate of drug-likeness (QED) is 0.479. The van der Waals surface area contributed by atoms with Crippen molar-refractivity contribution >= 4 is 5.91 Å². The zero-order chi connectivity index (χ0) is 23.5. The molecule has 0 saturated carbocycles. The van der Waals surface area contributed by atoms with Crippen LogP contribution in [0.15, 0.2) is 36.5 Å². The number of nitrogens with zero attached hydrogens (tertiary/aromatic N) is 3. The maximum atomic E-state index is 13.7. The van der Waals surface area contributed by atoms with Gasteiger partial charge in [0.1, 0.15) is 5.82 Å². The highest BCUT2D eigenvalue weighted by Crippen LogP contribution is 2.31. The van der Waals surface area contributed by atoms with Gasteiger partial charge >= 0.3 is 6.18 Å². The molecule has 1 amide bonds. The lowest BCUT2D eigenvalue weighted by Crippen LogP contribution is -2.27. The molecule has 0 unspecified atom stereocenters. The Morgan fingerprint density at radius 1 is 1.19 bits per heavy atom. The molecule has 1 aromatic carbocycles. The van der Waals surface area contributed by atoms with Gasteiger partial charge < -0.3 is 15.5 Å². The van der Waals surface area contributed by atoms with Gasteiger partial charge in [0.05, 0.1) is 41.4 Å². The standard InChI is InChI=1S/C21H20F4N4O3/c1-12-19(20(32)27-4-5-30)18(11-31)29(28-12)17-2-3-26-16(10-17)8-13-6-14(21(23,24)25)9-15(22)7-13/h2-3,6-7,9-10,30-31H,4-5,8,11H2,1H3,(H,27,32). The summed E-state index contributed by atoms with van der Waals surface area (Å²) in [6.45, 7) is 0.842. The van der Waals surface area contributed by atoms with E-state index < -0.39 is 30.1 Å². The summed E-state index contributed by atoms with van der Waals surface area (Å²) < 4.78 is 54.0. The van der Waals surface area contributed by atoms with Gasteiger partial charge in [0.25, 0.3) is 5.91 Å². The molecule has 11 heteroatoms. The van der Waals surface area contributed by atoms with Gasteiger partial charge in [0.2, 0.25) is 0 Å². The van der Waals surface area contributed by atoms with E-state index in [0.29, 0.717) is 23.1 Å². The average Bonchev–Trinajstić information content (AvgIpc) is 3.07. The van der Waals surface area contributed by atoms with E-state index in [1.54, 1.807) is 13.0 Å². The minimum absolute atomic E-state index is 0.0290. The molecule has 2 heterocycles. The second-order valence-electron chi connectivity index (χ2n) is 6.98. The van der Waals surface area contributed by atoms with Crippen LogP contribution >= 0.6 is 0 Å². The third-order valence-corrected chi connectivity index (χ3v) is 4.65. The van der Waals surface area contributed by atoms with Crippen LogP contribution in [0.4, 0.5) is 17.6 Å². The Balaban J connectivity index is 1.95. The summed E-state index contributed by atoms with van der Waals surface area (Å²) in [6.07, 6.45) is -3.35. The van der Waals surface area contributed by atoms with E-state index in [9.17, 15) is 27.5 Å². The monoisotopic (exact) mass is 452 g/mol. The maximum Gasteiger partial charge on any atom is 0.416 e. The second-order valence-corrected chi connectivity index (χ2v) is 6.98. The number of carbonyl (C=O) groups is 1. The Bertz CT molecular complexity index is 1130. The highest BCUT2D eigenvalue weighted by molar-refractivity contribution is 5.96. The number of hydrogen-bond acceptors (Lipinski definition) is 5. The van der Waals surface area contributed by atoms with Crippen molar-refractivity contribution in [2.24, 2.45) is 0 Å². The minimum atomic E-state index is -4.68. The average molecular weight is 452 g/mol. The molecule has 0 spiro atoms. The number of aryl methyl sites for hydroxylation is 1. The summed E-state index contributed by atoms with van der Waals surface area (Å²) in [7, 11) is 0. The van der Waals surface area contributed by atoms with Crippen molar-refractivity contribution in [3.8, 4) is 5.69 Å². The number of carbonyl (C=O) groups excluding carboxylic acids is 1. The first-order chi connectivity index (χ1) is 15.1. The third-order valence-electron chi connectivity index (χ3n) is 4.65. The van der Waals surface area contributed by atoms with Crippen LogP contribution in [0.1, 0.15) is 38.6 Å². The predicted octanol–water partition coefficient (Wildman–Crippen LogP) is 2.54. The first kappa shape index (κ1) is 23.4. The summed E-state index contributed by atoms with van der Waals surface area (Å²) >= 11 is 0. The summed E-state index contributed by atoms with van der Waals surface area (Å²) in [5.41, 5.74) is 0.431. The Kier molecular flexibility index (Phi) is 6.90. The van der Waals surface area contributed by atoms with Crippen LogP contribution in [-0.4, -0.2) is 44.0 Å². The zero-order valence-corrected chi connectivity index (χ0v) is 16.9. The third kappa shape index (κ3) is 5.11. The van der Waals surface area contributed by atoms with E-state index in [-0.39, 0.29) is 36.4 Å². The van der Waals surface area contributed by atoms with Crippen LogP contribution in [0, 0.1) is 12.7 Å². The summed E-state index contributed by atoms with van der Waals surface area (Å²) in [4.78, 5) is 16.5. The number of aromatic nitrogens is 3. The molecule has 0 bridgehead atoms. The van der Waals surface area contributed by atoms with Crippen LogP contribution in [0.25, 0.3) is 5.69 Å². The number of rotatable bonds is 7. The number of hydrogen-bond donors (Lipinski definition) is 3. The lowest BCUT2D eigenvalue weighted by molar-refractivity contribution is -0.137. The summed E-state index contributed by atoms with van der Waals surface area (Å²) in [5, 5.41) is 25.5. The normalized spacial score (nSPS) is 11.6. The summed E-state index contributed by atoms with van der Waals surface area (Å²) in [5.74, 6) is -1.52. The van der Waals surface area contributed by atoms with Crippen molar-refractivity contribution in [1.29, 1.82) is 0 Å². The van der Waals surface area contributed by atoms with Crippen LogP contribution in [0.3, 0.4) is 0 Å². The Morgan fingerprint density at radius 3 is 2.59 bits per heavy atom. The number of alkyl halides is 3. The van der Waals surface area contributed by atoms with Gasteiger partial charge in [-0.15, -0.1) is 0 Å². The number of pyridine rings is 1. The number of halogens is 4. The molecule has 7 nitrogen and oxygen atoms in total. The predicted molar refractivity (Wildman–Crippen MR) is 106 cm³/mol. The molecule has 0 fully saturated rings. The Hall–Kier alpha value is -3.31. The van der Waals surface area contributed by atoms with Gasteiger partial charge in [-0.3, -0.25) is 9.78 Å². The van der Waals surface area contributed by atoms with Crippen molar-refractivity contribution in [2.75, 3.05) is 13.2 Å². The van der Waals surface area contributed by atoms with E-state index in [1.807, 2.05) is 0 Å². The lowest BCUT2D eigenvalue weighted by Gasteiger charge is -2.11. The molecule has 3 rings (SSSR count). The lowest BCUT2D eigenvalue weighted by atomic mass is 10.0. The molecular weight excluding hydrogens is 432 g/mol. The molecule has 0 saturated heterocycles. The van der Waals surface area contributed by atoms with Gasteiger partial charge in [0, 0.05) is 24.9 Å². The first-order valence-electron chi connectivity index (χ1n) is 9.54. The number of aliphatic hydroxyl groups is 2. The molecule has 0 radical (unpaired) electrons.